The number of thioether (sulfide) groups is 1. The van der Waals surface area contributed by atoms with Gasteiger partial charge in [-0.05, 0) is 19.1 Å². The van der Waals surface area contributed by atoms with Gasteiger partial charge < -0.3 is 10.1 Å². The molecule has 1 saturated carbocycles. The summed E-state index contributed by atoms with van der Waals surface area (Å²) >= 11 is 1.66. The van der Waals surface area contributed by atoms with Crippen molar-refractivity contribution in [3.8, 4) is 17.3 Å². The lowest BCUT2D eigenvalue weighted by atomic mass is 10.1. The third kappa shape index (κ3) is 2.68. The Balaban J connectivity index is 1.91. The third-order valence-corrected chi connectivity index (χ3v) is 5.04. The summed E-state index contributed by atoms with van der Waals surface area (Å²) in [4.78, 5) is 18.4. The maximum Gasteiger partial charge on any atom is 0.227 e. The number of hydrogen-bond acceptors (Lipinski definition) is 7. The Bertz CT molecular complexity index is 730. The van der Waals surface area contributed by atoms with Crippen LogP contribution >= 0.6 is 11.8 Å². The normalized spacial score (nSPS) is 17.0. The summed E-state index contributed by atoms with van der Waals surface area (Å²) in [5.41, 5.74) is 4.24. The van der Waals surface area contributed by atoms with Gasteiger partial charge in [0.05, 0.1) is 18.5 Å². The molecule has 0 amide bonds. The molecule has 120 valence electrons. The highest BCUT2D eigenvalue weighted by molar-refractivity contribution is 7.98. The van der Waals surface area contributed by atoms with E-state index in [2.05, 4.69) is 21.5 Å². The number of rotatable bonds is 4. The van der Waals surface area contributed by atoms with Crippen molar-refractivity contribution in [1.82, 2.24) is 25.3 Å². The smallest absolute Gasteiger partial charge is 0.227 e. The van der Waals surface area contributed by atoms with Gasteiger partial charge in [-0.1, -0.05) is 0 Å². The maximum atomic E-state index is 5.49. The zero-order valence-corrected chi connectivity index (χ0v) is 14.1. The lowest BCUT2D eigenvalue weighted by Gasteiger charge is -2.20. The number of nitrogens with one attached hydrogen (secondary N) is 1. The fraction of sp³-hybridized carbons (Fsp3) is 0.500. The molecular formula is C16H19N5OS. The minimum absolute atomic E-state index is 0.487. The molecule has 0 bridgehead atoms. The van der Waals surface area contributed by atoms with E-state index in [1.54, 1.807) is 25.2 Å². The minimum Gasteiger partial charge on any atom is -0.480 e. The second-order valence-electron chi connectivity index (χ2n) is 5.83. The van der Waals surface area contributed by atoms with Crippen molar-refractivity contribution in [3.05, 3.63) is 23.3 Å². The van der Waals surface area contributed by atoms with E-state index in [0.29, 0.717) is 17.6 Å². The number of aromatic nitrogens is 4. The van der Waals surface area contributed by atoms with E-state index >= 15 is 0 Å². The quantitative estimate of drug-likeness (QED) is 0.681. The van der Waals surface area contributed by atoms with Crippen molar-refractivity contribution in [2.75, 3.05) is 19.9 Å². The van der Waals surface area contributed by atoms with Crippen molar-refractivity contribution in [2.24, 2.45) is 0 Å². The van der Waals surface area contributed by atoms with Gasteiger partial charge >= 0.3 is 0 Å². The Kier molecular flexibility index (Phi) is 3.90. The number of ether oxygens (including phenoxy) is 1. The number of hydrogen-bond donors (Lipinski definition) is 1. The van der Waals surface area contributed by atoms with E-state index in [0.717, 1.165) is 54.3 Å². The number of nitrogens with zero attached hydrogens (tertiary/aromatic N) is 4. The topological polar surface area (TPSA) is 72.8 Å². The highest BCUT2D eigenvalue weighted by Gasteiger charge is 2.32. The minimum atomic E-state index is 0.487. The van der Waals surface area contributed by atoms with Gasteiger partial charge in [-0.3, -0.25) is 0 Å². The van der Waals surface area contributed by atoms with Gasteiger partial charge in [-0.25, -0.2) is 19.9 Å². The van der Waals surface area contributed by atoms with Crippen LogP contribution in [0.5, 0.6) is 5.88 Å². The second kappa shape index (κ2) is 6.05. The van der Waals surface area contributed by atoms with Crippen molar-refractivity contribution in [2.45, 2.75) is 36.8 Å². The molecule has 2 aromatic rings. The molecule has 1 N–H and O–H groups in total. The molecule has 2 aliphatic rings. The molecule has 0 atom stereocenters. The van der Waals surface area contributed by atoms with Crippen LogP contribution in [0.2, 0.25) is 0 Å². The molecule has 1 aliphatic carbocycles. The van der Waals surface area contributed by atoms with Gasteiger partial charge in [-0.15, -0.1) is 11.8 Å². The molecule has 0 aromatic carbocycles. The molecule has 1 aliphatic heterocycles. The second-order valence-corrected chi connectivity index (χ2v) is 6.62. The molecule has 0 saturated heterocycles. The van der Waals surface area contributed by atoms with Crippen LogP contribution in [0.25, 0.3) is 11.4 Å². The number of methoxy groups -OCH3 is 1. The van der Waals surface area contributed by atoms with E-state index in [4.69, 9.17) is 14.7 Å². The van der Waals surface area contributed by atoms with E-state index in [9.17, 15) is 0 Å². The van der Waals surface area contributed by atoms with Crippen LogP contribution < -0.4 is 10.1 Å². The summed E-state index contributed by atoms with van der Waals surface area (Å²) in [5, 5.41) is 4.43. The van der Waals surface area contributed by atoms with Gasteiger partial charge in [-0.2, -0.15) is 0 Å². The summed E-state index contributed by atoms with van der Waals surface area (Å²) in [6.45, 7) is 1.79. The molecule has 0 spiro atoms. The molecule has 0 unspecified atom stereocenters. The highest BCUT2D eigenvalue weighted by atomic mass is 32.2. The van der Waals surface area contributed by atoms with Crippen LogP contribution in [0.1, 0.15) is 35.7 Å². The Hall–Kier alpha value is -1.73. The van der Waals surface area contributed by atoms with Crippen molar-refractivity contribution in [3.63, 3.8) is 0 Å². The molecule has 3 heterocycles. The first kappa shape index (κ1) is 14.8. The van der Waals surface area contributed by atoms with E-state index in [1.165, 1.54) is 5.56 Å². The van der Waals surface area contributed by atoms with Crippen molar-refractivity contribution in [1.29, 1.82) is 0 Å². The van der Waals surface area contributed by atoms with Crippen LogP contribution in [0.3, 0.4) is 0 Å². The number of fused-ring (bicyclic) bond motifs is 1. The first-order valence-corrected chi connectivity index (χ1v) is 9.08. The molecule has 6 nitrogen and oxygen atoms in total. The lowest BCUT2D eigenvalue weighted by molar-refractivity contribution is 0.397. The van der Waals surface area contributed by atoms with Gasteiger partial charge in [0, 0.05) is 31.0 Å². The molecule has 4 rings (SSSR count). The standard InChI is InChI=1S/C16H19N5OS/c1-22-15-12(13(9-3-4-9)18-8-19-15)14-20-11-5-6-17-7-10(11)16(21-14)23-2/h8-9,17H,3-7H2,1-2H3. The molecule has 0 radical (unpaired) electrons. The predicted octanol–water partition coefficient (Wildman–Crippen LogP) is 2.19. The average molecular weight is 329 g/mol. The zero-order chi connectivity index (χ0) is 15.8. The summed E-state index contributed by atoms with van der Waals surface area (Å²) in [7, 11) is 1.64. The van der Waals surface area contributed by atoms with E-state index in [-0.39, 0.29) is 0 Å². The summed E-state index contributed by atoms with van der Waals surface area (Å²) < 4.78 is 5.49. The predicted molar refractivity (Wildman–Crippen MR) is 88.8 cm³/mol. The molecule has 1 fully saturated rings. The Morgan fingerprint density at radius 1 is 1.26 bits per heavy atom. The van der Waals surface area contributed by atoms with Gasteiger partial charge in [0.15, 0.2) is 5.82 Å². The lowest BCUT2D eigenvalue weighted by Crippen LogP contribution is -2.26. The Labute approximate surface area is 139 Å². The largest absolute Gasteiger partial charge is 0.480 e. The van der Waals surface area contributed by atoms with E-state index < -0.39 is 0 Å². The average Bonchev–Trinajstić information content (AvgIpc) is 3.45. The van der Waals surface area contributed by atoms with Gasteiger partial charge in [0.2, 0.25) is 5.88 Å². The SMILES string of the molecule is COc1ncnc(C2CC2)c1-c1nc2c(c(SC)n1)CNCC2. The van der Waals surface area contributed by atoms with Crippen LogP contribution in [0.4, 0.5) is 0 Å². The molecule has 2 aromatic heterocycles. The van der Waals surface area contributed by atoms with Crippen LogP contribution in [0, 0.1) is 0 Å². The first-order valence-electron chi connectivity index (χ1n) is 7.85. The Morgan fingerprint density at radius 2 is 2.13 bits per heavy atom. The molecule has 7 heteroatoms. The third-order valence-electron chi connectivity index (χ3n) is 4.31. The monoisotopic (exact) mass is 329 g/mol. The maximum absolute atomic E-state index is 5.49. The van der Waals surface area contributed by atoms with Crippen LogP contribution in [0.15, 0.2) is 11.4 Å². The molecule has 23 heavy (non-hydrogen) atoms. The molecular weight excluding hydrogens is 310 g/mol. The Morgan fingerprint density at radius 3 is 2.87 bits per heavy atom. The fourth-order valence-electron chi connectivity index (χ4n) is 3.01. The fourth-order valence-corrected chi connectivity index (χ4v) is 3.62. The summed E-state index contributed by atoms with van der Waals surface area (Å²) in [6, 6.07) is 0. The summed E-state index contributed by atoms with van der Waals surface area (Å²) in [5.74, 6) is 1.76. The van der Waals surface area contributed by atoms with E-state index in [1.807, 2.05) is 0 Å². The van der Waals surface area contributed by atoms with Crippen molar-refractivity contribution >= 4 is 11.8 Å². The van der Waals surface area contributed by atoms with Crippen LogP contribution in [-0.4, -0.2) is 39.8 Å². The zero-order valence-electron chi connectivity index (χ0n) is 13.3. The van der Waals surface area contributed by atoms with Gasteiger partial charge in [0.25, 0.3) is 0 Å². The highest BCUT2D eigenvalue weighted by Crippen LogP contribution is 2.45. The summed E-state index contributed by atoms with van der Waals surface area (Å²) in [6.07, 6.45) is 6.89. The first-order chi connectivity index (χ1) is 11.3. The van der Waals surface area contributed by atoms with Gasteiger partial charge in [0.1, 0.15) is 16.9 Å². The van der Waals surface area contributed by atoms with Crippen LogP contribution in [-0.2, 0) is 13.0 Å². The van der Waals surface area contributed by atoms with Crippen molar-refractivity contribution < 1.29 is 4.74 Å².